The second-order valence-corrected chi connectivity index (χ2v) is 10.8. The smallest absolute Gasteiger partial charge is 0.338 e. The zero-order valence-electron chi connectivity index (χ0n) is 27.5. The van der Waals surface area contributed by atoms with Gasteiger partial charge in [0.2, 0.25) is 0 Å². The minimum Gasteiger partial charge on any atom is -0.463 e. The van der Waals surface area contributed by atoms with Crippen LogP contribution < -0.4 is 0 Å². The van der Waals surface area contributed by atoms with E-state index in [9.17, 15) is 38.7 Å². The van der Waals surface area contributed by atoms with Gasteiger partial charge in [-0.2, -0.15) is 0 Å². The van der Waals surface area contributed by atoms with Crippen LogP contribution in [0.25, 0.3) is 0 Å². The van der Waals surface area contributed by atoms with Gasteiger partial charge in [-0.05, 0) is 12.1 Å². The van der Waals surface area contributed by atoms with Crippen LogP contribution >= 0.6 is 0 Å². The molecule has 10 atom stereocenters. The average Bonchev–Trinajstić information content (AvgIpc) is 3.00. The highest BCUT2D eigenvalue weighted by molar-refractivity contribution is 5.89. The normalized spacial score (nSPS) is 29.4. The first-order valence-corrected chi connectivity index (χ1v) is 14.9. The fraction of sp³-hybridized carbons (Fsp3) is 0.581. The van der Waals surface area contributed by atoms with Gasteiger partial charge in [0, 0.05) is 41.5 Å². The van der Waals surface area contributed by atoms with Gasteiger partial charge < -0.3 is 52.5 Å². The molecule has 2 aliphatic heterocycles. The Morgan fingerprint density at radius 2 is 1.00 bits per heavy atom. The van der Waals surface area contributed by atoms with Crippen molar-refractivity contribution < 1.29 is 86.0 Å². The van der Waals surface area contributed by atoms with Gasteiger partial charge in [-0.3, -0.25) is 28.8 Å². The molecule has 0 bridgehead atoms. The molecule has 2 saturated heterocycles. The summed E-state index contributed by atoms with van der Waals surface area (Å²) in [6, 6.07) is 7.83. The summed E-state index contributed by atoms with van der Waals surface area (Å²) < 4.78 is 55.2. The number of carbonyl (C=O) groups excluding carboxylic acids is 7. The molecular weight excluding hydrogens is 660 g/mol. The number of ether oxygens (including phenoxy) is 10. The van der Waals surface area contributed by atoms with Crippen molar-refractivity contribution in [2.75, 3.05) is 13.2 Å². The van der Waals surface area contributed by atoms with Gasteiger partial charge in [-0.25, -0.2) is 4.79 Å². The predicted molar refractivity (Wildman–Crippen MR) is 156 cm³/mol. The Kier molecular flexibility index (Phi) is 14.0. The minimum absolute atomic E-state index is 0.163. The molecular formula is C31H38O18. The van der Waals surface area contributed by atoms with Gasteiger partial charge in [0.1, 0.15) is 31.5 Å². The average molecular weight is 699 g/mol. The highest BCUT2D eigenvalue weighted by atomic mass is 16.8. The van der Waals surface area contributed by atoms with Crippen LogP contribution in [-0.2, 0) is 76.1 Å². The molecule has 49 heavy (non-hydrogen) atoms. The molecule has 1 N–H and O–H groups in total. The third-order valence-electron chi connectivity index (χ3n) is 6.84. The van der Waals surface area contributed by atoms with E-state index in [4.69, 9.17) is 47.4 Å². The molecule has 0 aromatic heterocycles. The Bertz CT molecular complexity index is 1360. The zero-order valence-corrected chi connectivity index (χ0v) is 27.5. The highest BCUT2D eigenvalue weighted by Gasteiger charge is 2.57. The van der Waals surface area contributed by atoms with E-state index >= 15 is 0 Å². The van der Waals surface area contributed by atoms with Crippen molar-refractivity contribution in [1.82, 2.24) is 0 Å². The van der Waals surface area contributed by atoms with Crippen molar-refractivity contribution in [3.8, 4) is 0 Å². The summed E-state index contributed by atoms with van der Waals surface area (Å²) in [4.78, 5) is 85.5. The fourth-order valence-electron chi connectivity index (χ4n) is 5.11. The van der Waals surface area contributed by atoms with Crippen LogP contribution in [0.2, 0.25) is 0 Å². The summed E-state index contributed by atoms with van der Waals surface area (Å²) in [7, 11) is 0. The monoisotopic (exact) mass is 698 g/mol. The maximum Gasteiger partial charge on any atom is 0.338 e. The van der Waals surface area contributed by atoms with Gasteiger partial charge in [-0.15, -0.1) is 0 Å². The maximum absolute atomic E-state index is 12.8. The fourth-order valence-corrected chi connectivity index (χ4v) is 5.11. The van der Waals surface area contributed by atoms with Crippen LogP contribution in [0.3, 0.4) is 0 Å². The summed E-state index contributed by atoms with van der Waals surface area (Å²) in [5.74, 6) is -6.12. The molecule has 0 spiro atoms. The highest BCUT2D eigenvalue weighted by Crippen LogP contribution is 2.35. The maximum atomic E-state index is 12.8. The topological polar surface area (TPSA) is 232 Å². The Balaban J connectivity index is 2.10. The SMILES string of the molecule is CC(=O)OC[C@H]1OC(O)[C@H](OC(C)=O)[C@@H](OC(C)=O)[C@@H]1O[C@@H]1O[C@H](COC(=O)c2ccccc2)[C@H](OC(C)=O)[C@H](OC(C)=O)[C@H]1OC(C)=O. The van der Waals surface area contributed by atoms with Crippen molar-refractivity contribution in [3.63, 3.8) is 0 Å². The first kappa shape index (κ1) is 38.8. The summed E-state index contributed by atoms with van der Waals surface area (Å²) in [5, 5.41) is 10.7. The zero-order chi connectivity index (χ0) is 36.4. The molecule has 1 unspecified atom stereocenters. The standard InChI is InChI=1S/C31H38O18/c1-14(32)40-12-21-24(25(43-16(3)34)27(30(39)47-21)45-18(5)36)49-31-28(46-19(6)37)26(44-17(4)35)23(42-15(2)33)22(48-31)13-41-29(38)20-10-8-7-9-11-20/h7-11,21-28,30-31,39H,12-13H2,1-6H3/t21-,22-,23+,24-,25+,26+,27-,28-,30?,31+/m1/s1. The van der Waals surface area contributed by atoms with Crippen LogP contribution in [0.4, 0.5) is 0 Å². The molecule has 2 aliphatic rings. The van der Waals surface area contributed by atoms with E-state index < -0.39 is 116 Å². The molecule has 2 heterocycles. The van der Waals surface area contributed by atoms with E-state index in [2.05, 4.69) is 0 Å². The minimum atomic E-state index is -1.92. The van der Waals surface area contributed by atoms with Crippen LogP contribution in [0, 0.1) is 0 Å². The molecule has 1 aromatic rings. The number of benzene rings is 1. The molecule has 18 heteroatoms. The largest absolute Gasteiger partial charge is 0.463 e. The van der Waals surface area contributed by atoms with E-state index in [0.717, 1.165) is 41.5 Å². The first-order valence-electron chi connectivity index (χ1n) is 14.9. The van der Waals surface area contributed by atoms with Gasteiger partial charge in [0.25, 0.3) is 0 Å². The first-order chi connectivity index (χ1) is 23.1. The number of carbonyl (C=O) groups is 7. The van der Waals surface area contributed by atoms with Crippen LogP contribution in [0.15, 0.2) is 30.3 Å². The van der Waals surface area contributed by atoms with E-state index in [1.54, 1.807) is 18.2 Å². The molecule has 0 saturated carbocycles. The number of hydrogen-bond donors (Lipinski definition) is 1. The molecule has 0 aliphatic carbocycles. The number of hydrogen-bond acceptors (Lipinski definition) is 18. The van der Waals surface area contributed by atoms with Gasteiger partial charge in [-0.1, -0.05) is 18.2 Å². The third-order valence-corrected chi connectivity index (χ3v) is 6.84. The quantitative estimate of drug-likeness (QED) is 0.222. The van der Waals surface area contributed by atoms with Crippen molar-refractivity contribution >= 4 is 41.8 Å². The molecule has 2 fully saturated rings. The Morgan fingerprint density at radius 1 is 0.551 bits per heavy atom. The number of aliphatic hydroxyl groups excluding tert-OH is 1. The summed E-state index contributed by atoms with van der Waals surface area (Å²) in [5.41, 5.74) is 0.163. The van der Waals surface area contributed by atoms with Crippen molar-refractivity contribution in [2.24, 2.45) is 0 Å². The summed E-state index contributed by atoms with van der Waals surface area (Å²) in [6.07, 6.45) is -16.6. The van der Waals surface area contributed by atoms with Crippen LogP contribution in [-0.4, -0.2) is 122 Å². The van der Waals surface area contributed by atoms with Crippen molar-refractivity contribution in [2.45, 2.75) is 103 Å². The lowest BCUT2D eigenvalue weighted by atomic mass is 9.96. The lowest BCUT2D eigenvalue weighted by Gasteiger charge is -2.48. The van der Waals surface area contributed by atoms with Gasteiger partial charge in [0.05, 0.1) is 5.56 Å². The molecule has 18 nitrogen and oxygen atoms in total. The van der Waals surface area contributed by atoms with E-state index in [-0.39, 0.29) is 5.56 Å². The van der Waals surface area contributed by atoms with Crippen LogP contribution in [0.5, 0.6) is 0 Å². The molecule has 1 aromatic carbocycles. The summed E-state index contributed by atoms with van der Waals surface area (Å²) >= 11 is 0. The third kappa shape index (κ3) is 11.2. The Morgan fingerprint density at radius 3 is 1.53 bits per heavy atom. The lowest BCUT2D eigenvalue weighted by Crippen LogP contribution is -2.67. The molecule has 3 rings (SSSR count). The lowest BCUT2D eigenvalue weighted by molar-refractivity contribution is -0.357. The van der Waals surface area contributed by atoms with Crippen molar-refractivity contribution in [1.29, 1.82) is 0 Å². The van der Waals surface area contributed by atoms with Crippen LogP contribution in [0.1, 0.15) is 51.9 Å². The predicted octanol–water partition coefficient (Wildman–Crippen LogP) is -0.108. The number of esters is 7. The van der Waals surface area contributed by atoms with E-state index in [1.165, 1.54) is 12.1 Å². The molecule has 0 amide bonds. The Labute approximate surface area is 280 Å². The number of rotatable bonds is 12. The molecule has 0 radical (unpaired) electrons. The van der Waals surface area contributed by atoms with E-state index in [0.29, 0.717) is 0 Å². The van der Waals surface area contributed by atoms with Crippen molar-refractivity contribution in [3.05, 3.63) is 35.9 Å². The summed E-state index contributed by atoms with van der Waals surface area (Å²) in [6.45, 7) is 4.97. The Hall–Kier alpha value is -4.65. The van der Waals surface area contributed by atoms with Gasteiger partial charge in [0.15, 0.2) is 43.1 Å². The second-order valence-electron chi connectivity index (χ2n) is 10.8. The van der Waals surface area contributed by atoms with Gasteiger partial charge >= 0.3 is 41.8 Å². The second kappa shape index (κ2) is 17.7. The van der Waals surface area contributed by atoms with E-state index in [1.807, 2.05) is 0 Å². The number of aliphatic hydroxyl groups is 1. The molecule has 270 valence electrons.